The Morgan fingerprint density at radius 3 is 2.62 bits per heavy atom. The number of hydrogen-bond acceptors (Lipinski definition) is 7. The smallest absolute Gasteiger partial charge is 0.507 e. The van der Waals surface area contributed by atoms with Crippen molar-refractivity contribution in [2.75, 3.05) is 31.6 Å². The zero-order valence-corrected chi connectivity index (χ0v) is 16.1. The Morgan fingerprint density at radius 1 is 1.17 bits per heavy atom. The molecule has 10 heteroatoms. The third kappa shape index (κ3) is 4.07. The topological polar surface area (TPSA) is 74.6 Å². The Kier molecular flexibility index (Phi) is 4.97. The Balaban J connectivity index is 1.58. The van der Waals surface area contributed by atoms with E-state index in [1.165, 1.54) is 6.07 Å². The van der Waals surface area contributed by atoms with E-state index in [0.717, 1.165) is 44.6 Å². The Labute approximate surface area is 166 Å². The van der Waals surface area contributed by atoms with Crippen molar-refractivity contribution in [2.45, 2.75) is 32.2 Å². The van der Waals surface area contributed by atoms with Gasteiger partial charge in [-0.1, -0.05) is 0 Å². The van der Waals surface area contributed by atoms with E-state index < -0.39 is 12.1 Å². The highest BCUT2D eigenvalue weighted by molar-refractivity contribution is 5.69. The lowest BCUT2D eigenvalue weighted by Gasteiger charge is -2.36. The maximum atomic E-state index is 12.4. The first-order valence-electron chi connectivity index (χ1n) is 9.47. The first-order valence-corrected chi connectivity index (χ1v) is 9.47. The highest BCUT2D eigenvalue weighted by Gasteiger charge is 2.39. The molecule has 1 aromatic heterocycles. The summed E-state index contributed by atoms with van der Waals surface area (Å²) < 4.78 is 40.9. The lowest BCUT2D eigenvalue weighted by Crippen LogP contribution is -2.47. The average Bonchev–Trinajstić information content (AvgIpc) is 3.04. The second kappa shape index (κ2) is 7.33. The van der Waals surface area contributed by atoms with E-state index in [1.807, 2.05) is 0 Å². The van der Waals surface area contributed by atoms with Gasteiger partial charge in [-0.05, 0) is 51.4 Å². The fourth-order valence-corrected chi connectivity index (χ4v) is 4.22. The molecule has 0 bridgehead atoms. The molecule has 156 valence electrons. The van der Waals surface area contributed by atoms with Gasteiger partial charge in [0.1, 0.15) is 17.2 Å². The zero-order valence-electron chi connectivity index (χ0n) is 16.1. The maximum absolute atomic E-state index is 12.4. The van der Waals surface area contributed by atoms with Gasteiger partial charge in [0.05, 0.1) is 5.69 Å². The van der Waals surface area contributed by atoms with Crippen LogP contribution in [0.5, 0.6) is 11.5 Å². The molecule has 1 N–H and O–H groups in total. The number of likely N-dealkylation sites (tertiary alicyclic amines) is 1. The monoisotopic (exact) mass is 409 g/mol. The van der Waals surface area contributed by atoms with Crippen molar-refractivity contribution < 1.29 is 23.0 Å². The van der Waals surface area contributed by atoms with Crippen molar-refractivity contribution in [3.63, 3.8) is 0 Å². The number of aromatic nitrogens is 3. The molecule has 0 amide bonds. The molecule has 3 heterocycles. The number of piperidine rings is 1. The van der Waals surface area contributed by atoms with Gasteiger partial charge in [0, 0.05) is 30.8 Å². The van der Waals surface area contributed by atoms with Crippen LogP contribution < -0.4 is 9.64 Å². The number of phenolic OH excluding ortho intramolecular Hbond substituents is 1. The fraction of sp³-hybridized carbons (Fsp3) is 0.526. The van der Waals surface area contributed by atoms with Crippen LogP contribution in [-0.2, 0) is 0 Å². The Bertz CT molecular complexity index is 908. The molecule has 2 aliphatic heterocycles. The van der Waals surface area contributed by atoms with E-state index in [0.29, 0.717) is 29.3 Å². The Morgan fingerprint density at radius 2 is 1.93 bits per heavy atom. The fourth-order valence-electron chi connectivity index (χ4n) is 4.22. The summed E-state index contributed by atoms with van der Waals surface area (Å²) in [5.74, 6) is 0.290. The molecular formula is C19H22F3N5O2. The van der Waals surface area contributed by atoms with E-state index in [-0.39, 0.29) is 11.3 Å². The lowest BCUT2D eigenvalue weighted by molar-refractivity contribution is -0.274. The van der Waals surface area contributed by atoms with Gasteiger partial charge in [-0.2, -0.15) is 0 Å². The first kappa shape index (κ1) is 19.7. The standard InChI is InChI=1S/C19H22F3N5O2/c1-11-17(14-4-3-13(9-16(14)28)29-19(20,21)22)24-25-18(23-11)27-8-6-12-5-7-26(2)10-15(12)27/h3-4,9,12,15,28H,5-8,10H2,1-2H3/t12-,15-/m0/s1. The number of halogens is 3. The predicted molar refractivity (Wildman–Crippen MR) is 99.7 cm³/mol. The van der Waals surface area contributed by atoms with Gasteiger partial charge < -0.3 is 19.6 Å². The van der Waals surface area contributed by atoms with Crippen LogP contribution in [0.2, 0.25) is 0 Å². The number of rotatable bonds is 3. The van der Waals surface area contributed by atoms with Crippen molar-refractivity contribution >= 4 is 5.95 Å². The minimum atomic E-state index is -4.83. The summed E-state index contributed by atoms with van der Waals surface area (Å²) in [4.78, 5) is 9.07. The van der Waals surface area contributed by atoms with Crippen LogP contribution >= 0.6 is 0 Å². The third-order valence-electron chi connectivity index (χ3n) is 5.63. The first-order chi connectivity index (χ1) is 13.7. The molecule has 4 rings (SSSR count). The van der Waals surface area contributed by atoms with Gasteiger partial charge in [0.25, 0.3) is 0 Å². The number of benzene rings is 1. The number of phenols is 1. The van der Waals surface area contributed by atoms with Crippen LogP contribution in [-0.4, -0.2) is 64.3 Å². The number of likely N-dealkylation sites (N-methyl/N-ethyl adjacent to an activating group) is 1. The van der Waals surface area contributed by atoms with Crippen LogP contribution in [0.15, 0.2) is 18.2 Å². The van der Waals surface area contributed by atoms with Crippen LogP contribution in [0, 0.1) is 12.8 Å². The molecule has 2 aromatic rings. The van der Waals surface area contributed by atoms with Gasteiger partial charge in [-0.3, -0.25) is 0 Å². The second-order valence-electron chi connectivity index (χ2n) is 7.63. The van der Waals surface area contributed by atoms with Crippen LogP contribution in [0.4, 0.5) is 19.1 Å². The van der Waals surface area contributed by atoms with E-state index in [4.69, 9.17) is 0 Å². The number of alkyl halides is 3. The quantitative estimate of drug-likeness (QED) is 0.835. The van der Waals surface area contributed by atoms with E-state index in [2.05, 4.69) is 36.8 Å². The molecule has 0 aliphatic carbocycles. The minimum absolute atomic E-state index is 0.250. The number of hydrogen-bond donors (Lipinski definition) is 1. The SMILES string of the molecule is Cc1nc(N2CC[C@@H]3CCN(C)C[C@@H]32)nnc1-c1ccc(OC(F)(F)F)cc1O. The van der Waals surface area contributed by atoms with Gasteiger partial charge in [0.2, 0.25) is 5.95 Å². The Hall–Kier alpha value is -2.62. The highest BCUT2D eigenvalue weighted by atomic mass is 19.4. The lowest BCUT2D eigenvalue weighted by atomic mass is 9.92. The van der Waals surface area contributed by atoms with Crippen molar-refractivity contribution in [3.05, 3.63) is 23.9 Å². The molecule has 7 nitrogen and oxygen atoms in total. The number of ether oxygens (including phenoxy) is 1. The number of anilines is 1. The second-order valence-corrected chi connectivity index (χ2v) is 7.63. The molecule has 2 saturated heterocycles. The van der Waals surface area contributed by atoms with Gasteiger partial charge in [0.15, 0.2) is 0 Å². The summed E-state index contributed by atoms with van der Waals surface area (Å²) in [5, 5.41) is 18.7. The van der Waals surface area contributed by atoms with Crippen molar-refractivity contribution in [2.24, 2.45) is 5.92 Å². The maximum Gasteiger partial charge on any atom is 0.573 e. The average molecular weight is 409 g/mol. The molecule has 0 radical (unpaired) electrons. The van der Waals surface area contributed by atoms with Crippen LogP contribution in [0.1, 0.15) is 18.5 Å². The molecule has 2 atom stereocenters. The summed E-state index contributed by atoms with van der Waals surface area (Å²) in [7, 11) is 2.11. The number of aryl methyl sites for hydroxylation is 1. The van der Waals surface area contributed by atoms with E-state index >= 15 is 0 Å². The third-order valence-corrected chi connectivity index (χ3v) is 5.63. The summed E-state index contributed by atoms with van der Waals surface area (Å²) in [6.45, 7) is 4.67. The molecule has 29 heavy (non-hydrogen) atoms. The van der Waals surface area contributed by atoms with Crippen molar-refractivity contribution in [1.29, 1.82) is 0 Å². The highest BCUT2D eigenvalue weighted by Crippen LogP contribution is 2.36. The summed E-state index contributed by atoms with van der Waals surface area (Å²) in [5.41, 5.74) is 1.11. The predicted octanol–water partition coefficient (Wildman–Crippen LogP) is 2.98. The van der Waals surface area contributed by atoms with Crippen molar-refractivity contribution in [3.8, 4) is 22.8 Å². The van der Waals surface area contributed by atoms with E-state index in [1.54, 1.807) is 6.92 Å². The summed E-state index contributed by atoms with van der Waals surface area (Å²) in [6.07, 6.45) is -2.57. The molecular weight excluding hydrogens is 387 g/mol. The molecule has 0 unspecified atom stereocenters. The van der Waals surface area contributed by atoms with Gasteiger partial charge in [-0.15, -0.1) is 23.4 Å². The van der Waals surface area contributed by atoms with Crippen molar-refractivity contribution in [1.82, 2.24) is 20.1 Å². The number of fused-ring (bicyclic) bond motifs is 1. The van der Waals surface area contributed by atoms with Gasteiger partial charge >= 0.3 is 6.36 Å². The molecule has 1 aromatic carbocycles. The number of nitrogens with zero attached hydrogens (tertiary/aromatic N) is 5. The van der Waals surface area contributed by atoms with Crippen LogP contribution in [0.3, 0.4) is 0 Å². The summed E-state index contributed by atoms with van der Waals surface area (Å²) >= 11 is 0. The summed E-state index contributed by atoms with van der Waals surface area (Å²) in [6, 6.07) is 3.70. The minimum Gasteiger partial charge on any atom is -0.507 e. The number of aromatic hydroxyl groups is 1. The van der Waals surface area contributed by atoms with Crippen LogP contribution in [0.25, 0.3) is 11.3 Å². The largest absolute Gasteiger partial charge is 0.573 e. The van der Waals surface area contributed by atoms with Gasteiger partial charge in [-0.25, -0.2) is 4.98 Å². The molecule has 2 aliphatic rings. The normalized spacial score (nSPS) is 22.6. The molecule has 0 spiro atoms. The molecule has 0 saturated carbocycles. The molecule has 2 fully saturated rings. The van der Waals surface area contributed by atoms with E-state index in [9.17, 15) is 18.3 Å². The zero-order chi connectivity index (χ0) is 20.8.